The first-order valence-corrected chi connectivity index (χ1v) is 8.20. The molecule has 0 spiro atoms. The van der Waals surface area contributed by atoms with Gasteiger partial charge < -0.3 is 15.4 Å². The average Bonchev–Trinajstić information content (AvgIpc) is 2.61. The van der Waals surface area contributed by atoms with Crippen LogP contribution in [0.1, 0.15) is 35.4 Å². The number of aromatic nitrogens is 1. The Bertz CT molecular complexity index is 934. The Hall–Kier alpha value is -2.92. The molecule has 5 heteroatoms. The summed E-state index contributed by atoms with van der Waals surface area (Å²) >= 11 is 0. The number of H-pyrrole nitrogens is 1. The second-order valence-corrected chi connectivity index (χ2v) is 6.13. The van der Waals surface area contributed by atoms with Crippen molar-refractivity contribution in [3.8, 4) is 0 Å². The summed E-state index contributed by atoms with van der Waals surface area (Å²) in [5.41, 5.74) is 1.45. The first-order valence-electron chi connectivity index (χ1n) is 8.20. The number of amides is 1. The van der Waals surface area contributed by atoms with E-state index in [4.69, 9.17) is 0 Å². The molecule has 3 N–H and O–H groups in total. The average molecular weight is 336 g/mol. The van der Waals surface area contributed by atoms with E-state index in [0.29, 0.717) is 22.9 Å². The van der Waals surface area contributed by atoms with Gasteiger partial charge >= 0.3 is 0 Å². The van der Waals surface area contributed by atoms with Crippen molar-refractivity contribution < 1.29 is 9.90 Å². The van der Waals surface area contributed by atoms with Crippen LogP contribution in [0, 0.1) is 0 Å². The predicted molar refractivity (Wildman–Crippen MR) is 97.5 cm³/mol. The van der Waals surface area contributed by atoms with Gasteiger partial charge in [-0.15, -0.1) is 0 Å². The predicted octanol–water partition coefficient (Wildman–Crippen LogP) is 2.77. The van der Waals surface area contributed by atoms with Gasteiger partial charge in [-0.3, -0.25) is 9.59 Å². The van der Waals surface area contributed by atoms with Gasteiger partial charge in [0.1, 0.15) is 0 Å². The molecule has 0 bridgehead atoms. The van der Waals surface area contributed by atoms with Crippen molar-refractivity contribution in [1.82, 2.24) is 10.3 Å². The highest BCUT2D eigenvalue weighted by Crippen LogP contribution is 2.19. The minimum Gasteiger partial charge on any atom is -0.388 e. The number of nitrogens with one attached hydrogen (secondary N) is 2. The molecule has 1 aromatic heterocycles. The highest BCUT2D eigenvalue weighted by molar-refractivity contribution is 6.06. The van der Waals surface area contributed by atoms with Crippen LogP contribution in [0.15, 0.2) is 65.5 Å². The molecule has 2 unspecified atom stereocenters. The third-order valence-corrected chi connectivity index (χ3v) is 4.13. The highest BCUT2D eigenvalue weighted by Gasteiger charge is 2.17. The molecule has 5 nitrogen and oxygen atoms in total. The van der Waals surface area contributed by atoms with Gasteiger partial charge in [0.05, 0.1) is 11.7 Å². The number of hydrogen-bond acceptors (Lipinski definition) is 3. The SMILES string of the molecule is CC(CC(O)c1ccccc1)NC(=O)c1cc(=O)[nH]c2ccccc12. The van der Waals surface area contributed by atoms with Crippen molar-refractivity contribution in [3.05, 3.63) is 82.1 Å². The van der Waals surface area contributed by atoms with E-state index in [-0.39, 0.29) is 17.5 Å². The molecule has 0 fully saturated rings. The van der Waals surface area contributed by atoms with Crippen molar-refractivity contribution in [2.75, 3.05) is 0 Å². The van der Waals surface area contributed by atoms with Crippen LogP contribution in [0.2, 0.25) is 0 Å². The number of carbonyl (C=O) groups excluding carboxylic acids is 1. The van der Waals surface area contributed by atoms with Crippen molar-refractivity contribution in [2.45, 2.75) is 25.5 Å². The summed E-state index contributed by atoms with van der Waals surface area (Å²) in [5, 5.41) is 13.8. The number of aliphatic hydroxyl groups is 1. The van der Waals surface area contributed by atoms with Gasteiger partial charge in [-0.1, -0.05) is 48.5 Å². The van der Waals surface area contributed by atoms with Crippen LogP contribution in [0.3, 0.4) is 0 Å². The zero-order chi connectivity index (χ0) is 17.8. The first kappa shape index (κ1) is 16.9. The summed E-state index contributed by atoms with van der Waals surface area (Å²) < 4.78 is 0. The molecule has 0 saturated carbocycles. The van der Waals surface area contributed by atoms with Crippen LogP contribution >= 0.6 is 0 Å². The number of rotatable bonds is 5. The Morgan fingerprint density at radius 3 is 2.56 bits per heavy atom. The summed E-state index contributed by atoms with van der Waals surface area (Å²) in [5.74, 6) is -0.324. The van der Waals surface area contributed by atoms with Gasteiger partial charge in [-0.2, -0.15) is 0 Å². The fourth-order valence-electron chi connectivity index (χ4n) is 2.90. The fraction of sp³-hybridized carbons (Fsp3) is 0.200. The molecule has 2 aromatic carbocycles. The van der Waals surface area contributed by atoms with E-state index in [2.05, 4.69) is 10.3 Å². The minimum absolute atomic E-state index is 0.249. The molecule has 0 aliphatic rings. The summed E-state index contributed by atoms with van der Waals surface area (Å²) in [6.07, 6.45) is -0.274. The highest BCUT2D eigenvalue weighted by atomic mass is 16.3. The van der Waals surface area contributed by atoms with Crippen molar-refractivity contribution in [2.24, 2.45) is 0 Å². The van der Waals surface area contributed by atoms with Gasteiger partial charge in [0.25, 0.3) is 5.91 Å². The van der Waals surface area contributed by atoms with Gasteiger partial charge in [0.2, 0.25) is 5.56 Å². The lowest BCUT2D eigenvalue weighted by Crippen LogP contribution is -2.34. The van der Waals surface area contributed by atoms with E-state index in [9.17, 15) is 14.7 Å². The third kappa shape index (κ3) is 3.95. The smallest absolute Gasteiger partial charge is 0.252 e. The maximum atomic E-state index is 12.6. The van der Waals surface area contributed by atoms with Crippen molar-refractivity contribution in [1.29, 1.82) is 0 Å². The molecule has 0 saturated heterocycles. The molecule has 3 aromatic rings. The van der Waals surface area contributed by atoms with Crippen LogP contribution in [-0.2, 0) is 0 Å². The number of aliphatic hydroxyl groups excluding tert-OH is 1. The monoisotopic (exact) mass is 336 g/mol. The van der Waals surface area contributed by atoms with E-state index in [1.54, 1.807) is 18.2 Å². The maximum Gasteiger partial charge on any atom is 0.252 e. The lowest BCUT2D eigenvalue weighted by atomic mass is 10.0. The second kappa shape index (κ2) is 7.32. The summed E-state index contributed by atoms with van der Waals surface area (Å²) in [6, 6.07) is 17.6. The Balaban J connectivity index is 1.75. The number of pyridine rings is 1. The van der Waals surface area contributed by atoms with E-state index in [1.807, 2.05) is 43.3 Å². The topological polar surface area (TPSA) is 82.2 Å². The molecule has 0 radical (unpaired) electrons. The van der Waals surface area contributed by atoms with E-state index in [0.717, 1.165) is 5.56 Å². The number of hydrogen-bond donors (Lipinski definition) is 3. The number of fused-ring (bicyclic) bond motifs is 1. The lowest BCUT2D eigenvalue weighted by molar-refractivity contribution is 0.0918. The molecular formula is C20H20N2O3. The van der Waals surface area contributed by atoms with Crippen LogP contribution in [-0.4, -0.2) is 22.0 Å². The van der Waals surface area contributed by atoms with E-state index < -0.39 is 6.10 Å². The second-order valence-electron chi connectivity index (χ2n) is 6.13. The normalized spacial score (nSPS) is 13.4. The number of para-hydroxylation sites is 1. The quantitative estimate of drug-likeness (QED) is 0.670. The zero-order valence-electron chi connectivity index (χ0n) is 13.9. The molecule has 1 amide bonds. The lowest BCUT2D eigenvalue weighted by Gasteiger charge is -2.18. The van der Waals surface area contributed by atoms with E-state index in [1.165, 1.54) is 6.07 Å². The van der Waals surface area contributed by atoms with Crippen molar-refractivity contribution in [3.63, 3.8) is 0 Å². The molecule has 0 aliphatic carbocycles. The molecule has 25 heavy (non-hydrogen) atoms. The number of aromatic amines is 1. The largest absolute Gasteiger partial charge is 0.388 e. The zero-order valence-corrected chi connectivity index (χ0v) is 13.9. The van der Waals surface area contributed by atoms with E-state index >= 15 is 0 Å². The van der Waals surface area contributed by atoms with Gasteiger partial charge in [0.15, 0.2) is 0 Å². The van der Waals surface area contributed by atoms with Crippen LogP contribution in [0.5, 0.6) is 0 Å². The third-order valence-electron chi connectivity index (χ3n) is 4.13. The first-order chi connectivity index (χ1) is 12.0. The molecule has 1 heterocycles. The summed E-state index contributed by atoms with van der Waals surface area (Å²) in [4.78, 5) is 27.1. The Kier molecular flexibility index (Phi) is 4.95. The van der Waals surface area contributed by atoms with Crippen LogP contribution in [0.4, 0.5) is 0 Å². The maximum absolute atomic E-state index is 12.6. The van der Waals surface area contributed by atoms with Gasteiger partial charge in [0, 0.05) is 23.0 Å². The molecule has 128 valence electrons. The molecule has 0 aliphatic heterocycles. The Morgan fingerprint density at radius 2 is 1.80 bits per heavy atom. The summed E-state index contributed by atoms with van der Waals surface area (Å²) in [7, 11) is 0. The number of carbonyl (C=O) groups is 1. The molecule has 3 rings (SSSR count). The number of benzene rings is 2. The van der Waals surface area contributed by atoms with Crippen LogP contribution in [0.25, 0.3) is 10.9 Å². The standard InChI is InChI=1S/C20H20N2O3/c1-13(11-18(23)14-7-3-2-4-8-14)21-20(25)16-12-19(24)22-17-10-6-5-9-15(16)17/h2-10,12-13,18,23H,11H2,1H3,(H,21,25)(H,22,24). The van der Waals surface area contributed by atoms with Gasteiger partial charge in [-0.25, -0.2) is 0 Å². The van der Waals surface area contributed by atoms with Crippen molar-refractivity contribution >= 4 is 16.8 Å². The Labute approximate surface area is 145 Å². The molecular weight excluding hydrogens is 316 g/mol. The summed E-state index contributed by atoms with van der Waals surface area (Å²) in [6.45, 7) is 1.83. The molecule has 2 atom stereocenters. The van der Waals surface area contributed by atoms with Gasteiger partial charge in [-0.05, 0) is 25.0 Å². The fourth-order valence-corrected chi connectivity index (χ4v) is 2.90. The Morgan fingerprint density at radius 1 is 1.12 bits per heavy atom. The van der Waals surface area contributed by atoms with Crippen LogP contribution < -0.4 is 10.9 Å². The minimum atomic E-state index is -0.660.